The zero-order valence-corrected chi connectivity index (χ0v) is 21.8. The summed E-state index contributed by atoms with van der Waals surface area (Å²) < 4.78 is 27.0. The standard InChI is InChI=1S/C28H28FN3O4S/c1-28(2,3)36-27(34)31-11-4-5-22-23-13-20(8-9-24(23)37-25(22)16-31)32-12-10-21(14-26(32)33)35-17-19-7-6-18(29)15-30-19/h6-10,12-15H,4-5,11,16-17H2,1-3H3. The number of fused-ring (bicyclic) bond motifs is 3. The van der Waals surface area contributed by atoms with Crippen molar-refractivity contribution in [2.75, 3.05) is 6.54 Å². The van der Waals surface area contributed by atoms with Crippen molar-refractivity contribution in [3.8, 4) is 11.4 Å². The molecule has 4 aromatic rings. The smallest absolute Gasteiger partial charge is 0.410 e. The summed E-state index contributed by atoms with van der Waals surface area (Å²) in [7, 11) is 0. The number of ether oxygens (including phenoxy) is 2. The van der Waals surface area contributed by atoms with Crippen LogP contribution < -0.4 is 10.3 Å². The summed E-state index contributed by atoms with van der Waals surface area (Å²) in [5.74, 6) is 0.00582. The largest absolute Gasteiger partial charge is 0.487 e. The Morgan fingerprint density at radius 2 is 2.00 bits per heavy atom. The molecule has 1 aliphatic heterocycles. The Balaban J connectivity index is 1.37. The molecule has 0 saturated carbocycles. The maximum absolute atomic E-state index is 13.0. The Morgan fingerprint density at radius 3 is 2.73 bits per heavy atom. The van der Waals surface area contributed by atoms with Gasteiger partial charge in [0.1, 0.15) is 23.8 Å². The first-order valence-corrected chi connectivity index (χ1v) is 13.0. The van der Waals surface area contributed by atoms with Gasteiger partial charge in [0.15, 0.2) is 0 Å². The third kappa shape index (κ3) is 5.67. The molecule has 3 aromatic heterocycles. The van der Waals surface area contributed by atoms with Crippen molar-refractivity contribution in [3.63, 3.8) is 0 Å². The second-order valence-electron chi connectivity index (χ2n) is 10.0. The number of carbonyl (C=O) groups is 1. The first kappa shape index (κ1) is 25.0. The minimum absolute atomic E-state index is 0.136. The number of nitrogens with zero attached hydrogens (tertiary/aromatic N) is 3. The van der Waals surface area contributed by atoms with E-state index in [2.05, 4.69) is 4.98 Å². The Bertz CT molecular complexity index is 1500. The van der Waals surface area contributed by atoms with Gasteiger partial charge in [-0.3, -0.25) is 14.3 Å². The molecule has 7 nitrogen and oxygen atoms in total. The molecular weight excluding hydrogens is 493 g/mol. The lowest BCUT2D eigenvalue weighted by Crippen LogP contribution is -2.36. The number of pyridine rings is 2. The quantitative estimate of drug-likeness (QED) is 0.337. The van der Waals surface area contributed by atoms with Gasteiger partial charge in [0, 0.05) is 34.1 Å². The summed E-state index contributed by atoms with van der Waals surface area (Å²) in [6.45, 7) is 6.92. The van der Waals surface area contributed by atoms with Crippen molar-refractivity contribution in [1.82, 2.24) is 14.5 Å². The van der Waals surface area contributed by atoms with Gasteiger partial charge in [0.05, 0.1) is 18.4 Å². The second-order valence-corrected chi connectivity index (χ2v) is 11.2. The number of benzene rings is 1. The van der Waals surface area contributed by atoms with Crippen molar-refractivity contribution in [3.05, 3.63) is 87.2 Å². The SMILES string of the molecule is CC(C)(C)OC(=O)N1CCCc2c(sc3ccc(-n4ccc(OCc5ccc(F)cn5)cc4=O)cc23)C1. The van der Waals surface area contributed by atoms with E-state index in [9.17, 15) is 14.0 Å². The lowest BCUT2D eigenvalue weighted by atomic mass is 10.1. The molecule has 5 rings (SSSR count). The molecule has 0 bridgehead atoms. The van der Waals surface area contributed by atoms with Gasteiger partial charge in [-0.2, -0.15) is 0 Å². The van der Waals surface area contributed by atoms with Gasteiger partial charge in [-0.1, -0.05) is 0 Å². The summed E-state index contributed by atoms with van der Waals surface area (Å²) in [6, 6.07) is 12.0. The number of aromatic nitrogens is 2. The summed E-state index contributed by atoms with van der Waals surface area (Å²) in [4.78, 5) is 32.5. The third-order valence-electron chi connectivity index (χ3n) is 6.04. The van der Waals surface area contributed by atoms with E-state index in [0.717, 1.165) is 39.7 Å². The van der Waals surface area contributed by atoms with E-state index in [-0.39, 0.29) is 18.3 Å². The molecule has 0 N–H and O–H groups in total. The molecule has 1 aromatic carbocycles. The van der Waals surface area contributed by atoms with Crippen LogP contribution in [0.5, 0.6) is 5.75 Å². The average Bonchev–Trinajstić information content (AvgIpc) is 3.04. The Hall–Kier alpha value is -3.72. The van der Waals surface area contributed by atoms with E-state index in [1.54, 1.807) is 39.1 Å². The lowest BCUT2D eigenvalue weighted by Gasteiger charge is -2.26. The highest BCUT2D eigenvalue weighted by Crippen LogP contribution is 2.36. The minimum atomic E-state index is -0.535. The Kier molecular flexibility index (Phi) is 6.72. The molecule has 0 spiro atoms. The van der Waals surface area contributed by atoms with Crippen LogP contribution in [0.3, 0.4) is 0 Å². The zero-order chi connectivity index (χ0) is 26.2. The number of hydrogen-bond acceptors (Lipinski definition) is 6. The predicted octanol–water partition coefficient (Wildman–Crippen LogP) is 5.85. The van der Waals surface area contributed by atoms with Crippen LogP contribution in [0, 0.1) is 5.82 Å². The molecule has 0 saturated heterocycles. The number of aryl methyl sites for hydroxylation is 1. The van der Waals surface area contributed by atoms with E-state index >= 15 is 0 Å². The average molecular weight is 522 g/mol. The molecule has 4 heterocycles. The molecule has 192 valence electrons. The molecule has 1 amide bonds. The Labute approximate surface area is 218 Å². The first-order valence-electron chi connectivity index (χ1n) is 12.1. The van der Waals surface area contributed by atoms with Gasteiger partial charge in [0.25, 0.3) is 5.56 Å². The molecule has 0 fully saturated rings. The van der Waals surface area contributed by atoms with Gasteiger partial charge in [-0.15, -0.1) is 11.3 Å². The highest BCUT2D eigenvalue weighted by atomic mass is 32.1. The summed E-state index contributed by atoms with van der Waals surface area (Å²) in [5, 5.41) is 1.11. The van der Waals surface area contributed by atoms with Crippen molar-refractivity contribution in [1.29, 1.82) is 0 Å². The Morgan fingerprint density at radius 1 is 1.16 bits per heavy atom. The predicted molar refractivity (Wildman–Crippen MR) is 141 cm³/mol. The van der Waals surface area contributed by atoms with E-state index in [0.29, 0.717) is 24.5 Å². The van der Waals surface area contributed by atoms with Crippen LogP contribution in [0.1, 0.15) is 43.3 Å². The van der Waals surface area contributed by atoms with Crippen LogP contribution in [-0.4, -0.2) is 32.7 Å². The van der Waals surface area contributed by atoms with Crippen LogP contribution in [-0.2, 0) is 24.3 Å². The van der Waals surface area contributed by atoms with Crippen molar-refractivity contribution < 1.29 is 18.7 Å². The van der Waals surface area contributed by atoms with Gasteiger partial charge < -0.3 is 14.4 Å². The minimum Gasteiger partial charge on any atom is -0.487 e. The van der Waals surface area contributed by atoms with E-state index in [1.165, 1.54) is 17.7 Å². The van der Waals surface area contributed by atoms with Crippen LogP contribution >= 0.6 is 11.3 Å². The van der Waals surface area contributed by atoms with Crippen molar-refractivity contribution in [2.24, 2.45) is 0 Å². The molecule has 37 heavy (non-hydrogen) atoms. The second kappa shape index (κ2) is 9.97. The first-order chi connectivity index (χ1) is 17.7. The molecule has 0 atom stereocenters. The number of carbonyl (C=O) groups excluding carboxylic acids is 1. The zero-order valence-electron chi connectivity index (χ0n) is 21.0. The fraction of sp³-hybridized carbons (Fsp3) is 0.321. The third-order valence-corrected chi connectivity index (χ3v) is 7.24. The number of thiophene rings is 1. The number of halogens is 1. The van der Waals surface area contributed by atoms with Gasteiger partial charge in [-0.05, 0) is 81.0 Å². The molecule has 9 heteroatoms. The molecule has 1 aliphatic rings. The number of rotatable bonds is 4. The molecule has 0 unspecified atom stereocenters. The van der Waals surface area contributed by atoms with Crippen LogP contribution in [0.2, 0.25) is 0 Å². The highest BCUT2D eigenvalue weighted by molar-refractivity contribution is 7.19. The topological polar surface area (TPSA) is 73.7 Å². The number of amides is 1. The van der Waals surface area contributed by atoms with Crippen LogP contribution in [0.15, 0.2) is 59.7 Å². The van der Waals surface area contributed by atoms with Crippen molar-refractivity contribution >= 4 is 27.5 Å². The number of hydrogen-bond donors (Lipinski definition) is 0. The van der Waals surface area contributed by atoms with Gasteiger partial charge >= 0.3 is 6.09 Å². The highest BCUT2D eigenvalue weighted by Gasteiger charge is 2.26. The van der Waals surface area contributed by atoms with E-state index < -0.39 is 11.4 Å². The molecular formula is C28H28FN3O4S. The summed E-state index contributed by atoms with van der Waals surface area (Å²) in [6.07, 6.45) is 4.23. The normalized spacial score (nSPS) is 13.8. The molecule has 0 radical (unpaired) electrons. The maximum atomic E-state index is 13.0. The van der Waals surface area contributed by atoms with E-state index in [4.69, 9.17) is 9.47 Å². The van der Waals surface area contributed by atoms with Gasteiger partial charge in [-0.25, -0.2) is 9.18 Å². The van der Waals surface area contributed by atoms with Gasteiger partial charge in [0.2, 0.25) is 0 Å². The van der Waals surface area contributed by atoms with Crippen molar-refractivity contribution in [2.45, 2.75) is 52.4 Å². The fourth-order valence-electron chi connectivity index (χ4n) is 4.33. The lowest BCUT2D eigenvalue weighted by molar-refractivity contribution is 0.0238. The summed E-state index contributed by atoms with van der Waals surface area (Å²) in [5.41, 5.74) is 1.80. The van der Waals surface area contributed by atoms with Crippen LogP contribution in [0.4, 0.5) is 9.18 Å². The molecule has 0 aliphatic carbocycles. The monoisotopic (exact) mass is 521 g/mol. The van der Waals surface area contributed by atoms with E-state index in [1.807, 2.05) is 39.0 Å². The van der Waals surface area contributed by atoms with Crippen LogP contribution in [0.25, 0.3) is 15.8 Å². The fourth-order valence-corrected chi connectivity index (χ4v) is 5.58. The maximum Gasteiger partial charge on any atom is 0.410 e. The summed E-state index contributed by atoms with van der Waals surface area (Å²) >= 11 is 1.68.